The summed E-state index contributed by atoms with van der Waals surface area (Å²) in [7, 11) is 1.92. The van der Waals surface area contributed by atoms with Gasteiger partial charge in [-0.15, -0.1) is 0 Å². The molecule has 0 bridgehead atoms. The minimum absolute atomic E-state index is 0.219. The van der Waals surface area contributed by atoms with Gasteiger partial charge in [0.1, 0.15) is 0 Å². The number of nitrogens with zero attached hydrogens (tertiary/aromatic N) is 1. The largest absolute Gasteiger partial charge is 0.335 e. The Hall–Kier alpha value is -1.88. The fourth-order valence-electron chi connectivity index (χ4n) is 3.08. The van der Waals surface area contributed by atoms with Gasteiger partial charge in [-0.25, -0.2) is 4.79 Å². The van der Waals surface area contributed by atoms with Crippen molar-refractivity contribution >= 4 is 11.9 Å². The summed E-state index contributed by atoms with van der Waals surface area (Å²) in [6.45, 7) is 2.65. The van der Waals surface area contributed by atoms with Gasteiger partial charge < -0.3 is 5.32 Å². The van der Waals surface area contributed by atoms with E-state index < -0.39 is 0 Å². The molecule has 1 aromatic carbocycles. The summed E-state index contributed by atoms with van der Waals surface area (Å²) in [5, 5.41) is 5.34. The van der Waals surface area contributed by atoms with Crippen molar-refractivity contribution in [2.45, 2.75) is 57.5 Å². The van der Waals surface area contributed by atoms with Crippen molar-refractivity contribution in [3.05, 3.63) is 35.9 Å². The molecule has 5 heteroatoms. The molecule has 0 saturated heterocycles. The zero-order chi connectivity index (χ0) is 17.4. The van der Waals surface area contributed by atoms with Gasteiger partial charge in [0.05, 0.1) is 6.04 Å². The van der Waals surface area contributed by atoms with Crippen LogP contribution in [0.5, 0.6) is 0 Å². The second-order valence-electron chi connectivity index (χ2n) is 6.69. The van der Waals surface area contributed by atoms with Crippen LogP contribution >= 0.6 is 0 Å². The Morgan fingerprint density at radius 2 is 1.88 bits per heavy atom. The molecule has 2 rings (SSSR count). The van der Waals surface area contributed by atoms with E-state index in [0.717, 1.165) is 45.1 Å². The van der Waals surface area contributed by atoms with E-state index in [0.29, 0.717) is 0 Å². The minimum Gasteiger partial charge on any atom is -0.335 e. The number of nitrogens with one attached hydrogen (secondary N) is 2. The monoisotopic (exact) mass is 331 g/mol. The Kier molecular flexibility index (Phi) is 7.25. The first kappa shape index (κ1) is 18.5. The number of likely N-dealkylation sites (N-methyl/N-ethyl adjacent to an activating group) is 1. The first-order chi connectivity index (χ1) is 11.6. The molecule has 0 radical (unpaired) electrons. The highest BCUT2D eigenvalue weighted by atomic mass is 16.2. The van der Waals surface area contributed by atoms with Crippen LogP contribution in [-0.4, -0.2) is 42.5 Å². The highest BCUT2D eigenvalue weighted by molar-refractivity contribution is 5.96. The quantitative estimate of drug-likeness (QED) is 0.807. The topological polar surface area (TPSA) is 61.4 Å². The van der Waals surface area contributed by atoms with Crippen molar-refractivity contribution in [3.63, 3.8) is 0 Å². The van der Waals surface area contributed by atoms with Crippen LogP contribution in [0.15, 0.2) is 30.3 Å². The highest BCUT2D eigenvalue weighted by Gasteiger charge is 2.22. The Labute approximate surface area is 144 Å². The molecule has 5 nitrogen and oxygen atoms in total. The molecule has 0 spiro atoms. The third-order valence-electron chi connectivity index (χ3n) is 4.79. The highest BCUT2D eigenvalue weighted by Crippen LogP contribution is 2.17. The molecule has 1 saturated carbocycles. The fraction of sp³-hybridized carbons (Fsp3) is 0.579. The van der Waals surface area contributed by atoms with E-state index >= 15 is 0 Å². The van der Waals surface area contributed by atoms with Crippen molar-refractivity contribution in [2.24, 2.45) is 0 Å². The van der Waals surface area contributed by atoms with Crippen molar-refractivity contribution in [3.8, 4) is 0 Å². The average Bonchev–Trinajstić information content (AvgIpc) is 3.07. The second kappa shape index (κ2) is 9.42. The van der Waals surface area contributed by atoms with Gasteiger partial charge in [0, 0.05) is 6.04 Å². The number of carbonyl (C=O) groups excluding carboxylic acids is 2. The van der Waals surface area contributed by atoms with Gasteiger partial charge in [-0.3, -0.25) is 15.0 Å². The van der Waals surface area contributed by atoms with E-state index in [1.54, 1.807) is 0 Å². The van der Waals surface area contributed by atoms with Crippen LogP contribution in [0.2, 0.25) is 0 Å². The number of hydrogen-bond donors (Lipinski definition) is 2. The average molecular weight is 331 g/mol. The number of urea groups is 1. The molecule has 0 heterocycles. The van der Waals surface area contributed by atoms with Gasteiger partial charge in [-0.05, 0) is 51.8 Å². The minimum atomic E-state index is -0.364. The predicted molar refractivity (Wildman–Crippen MR) is 95.8 cm³/mol. The van der Waals surface area contributed by atoms with Gasteiger partial charge >= 0.3 is 6.03 Å². The number of aryl methyl sites for hydroxylation is 1. The van der Waals surface area contributed by atoms with Crippen LogP contribution in [0.25, 0.3) is 0 Å². The third kappa shape index (κ3) is 5.96. The lowest BCUT2D eigenvalue weighted by molar-refractivity contribution is -0.124. The van der Waals surface area contributed by atoms with E-state index in [9.17, 15) is 9.59 Å². The van der Waals surface area contributed by atoms with Crippen LogP contribution in [0.1, 0.15) is 44.6 Å². The van der Waals surface area contributed by atoms with Crippen LogP contribution in [-0.2, 0) is 11.2 Å². The summed E-state index contributed by atoms with van der Waals surface area (Å²) in [6.07, 6.45) is 6.29. The number of rotatable bonds is 7. The molecule has 132 valence electrons. The standard InChI is InChI=1S/C19H29N3O2/c1-15(18(23)21-19(24)20-17-12-6-7-13-17)22(2)14-8-11-16-9-4-3-5-10-16/h3-5,9-10,15,17H,6-8,11-14H2,1-2H3,(H2,20,21,23,24)/t15-/m0/s1. The molecule has 1 fully saturated rings. The van der Waals surface area contributed by atoms with E-state index in [-0.39, 0.29) is 24.0 Å². The van der Waals surface area contributed by atoms with Gasteiger partial charge in [0.25, 0.3) is 0 Å². The normalized spacial score (nSPS) is 16.1. The lowest BCUT2D eigenvalue weighted by atomic mass is 10.1. The maximum Gasteiger partial charge on any atom is 0.321 e. The van der Waals surface area contributed by atoms with E-state index in [1.807, 2.05) is 37.1 Å². The summed E-state index contributed by atoms with van der Waals surface area (Å²) in [5.41, 5.74) is 1.30. The number of amides is 3. The molecule has 2 N–H and O–H groups in total. The molecule has 1 aliphatic rings. The van der Waals surface area contributed by atoms with Crippen LogP contribution in [0.4, 0.5) is 4.79 Å². The summed E-state index contributed by atoms with van der Waals surface area (Å²) in [6, 6.07) is 9.85. The van der Waals surface area contributed by atoms with Crippen molar-refractivity contribution in [1.82, 2.24) is 15.5 Å². The predicted octanol–water partition coefficient (Wildman–Crippen LogP) is 2.71. The summed E-state index contributed by atoms with van der Waals surface area (Å²) >= 11 is 0. The molecule has 0 aliphatic heterocycles. The van der Waals surface area contributed by atoms with E-state index in [4.69, 9.17) is 0 Å². The molecule has 24 heavy (non-hydrogen) atoms. The molecule has 0 unspecified atom stereocenters. The number of imide groups is 1. The van der Waals surface area contributed by atoms with Gasteiger partial charge in [0.2, 0.25) is 5.91 Å². The van der Waals surface area contributed by atoms with Gasteiger partial charge in [-0.1, -0.05) is 43.2 Å². The Balaban J connectivity index is 1.67. The Morgan fingerprint density at radius 3 is 2.54 bits per heavy atom. The van der Waals surface area contributed by atoms with E-state index in [2.05, 4.69) is 22.8 Å². The lowest BCUT2D eigenvalue weighted by Gasteiger charge is -2.24. The van der Waals surface area contributed by atoms with Gasteiger partial charge in [0.15, 0.2) is 0 Å². The summed E-state index contributed by atoms with van der Waals surface area (Å²) < 4.78 is 0. The first-order valence-electron chi connectivity index (χ1n) is 8.92. The lowest BCUT2D eigenvalue weighted by Crippen LogP contribution is -2.50. The Bertz CT molecular complexity index is 527. The van der Waals surface area contributed by atoms with Crippen molar-refractivity contribution in [2.75, 3.05) is 13.6 Å². The molecular formula is C19H29N3O2. The Morgan fingerprint density at radius 1 is 1.21 bits per heavy atom. The summed E-state index contributed by atoms with van der Waals surface area (Å²) in [5.74, 6) is -0.243. The van der Waals surface area contributed by atoms with Crippen molar-refractivity contribution < 1.29 is 9.59 Å². The molecule has 1 aromatic rings. The van der Waals surface area contributed by atoms with Crippen LogP contribution < -0.4 is 10.6 Å². The zero-order valence-electron chi connectivity index (χ0n) is 14.8. The molecule has 0 aromatic heterocycles. The van der Waals surface area contributed by atoms with Crippen LogP contribution in [0.3, 0.4) is 0 Å². The molecule has 1 aliphatic carbocycles. The zero-order valence-corrected chi connectivity index (χ0v) is 14.8. The number of benzene rings is 1. The molecular weight excluding hydrogens is 302 g/mol. The number of carbonyl (C=O) groups is 2. The fourth-order valence-corrected chi connectivity index (χ4v) is 3.08. The van der Waals surface area contributed by atoms with Crippen molar-refractivity contribution in [1.29, 1.82) is 0 Å². The molecule has 3 amide bonds. The number of hydrogen-bond acceptors (Lipinski definition) is 3. The maximum atomic E-state index is 12.2. The van der Waals surface area contributed by atoms with Gasteiger partial charge in [-0.2, -0.15) is 0 Å². The second-order valence-corrected chi connectivity index (χ2v) is 6.69. The smallest absolute Gasteiger partial charge is 0.321 e. The first-order valence-corrected chi connectivity index (χ1v) is 8.92. The third-order valence-corrected chi connectivity index (χ3v) is 4.79. The maximum absolute atomic E-state index is 12.2. The summed E-state index contributed by atoms with van der Waals surface area (Å²) in [4.78, 5) is 26.0. The SMILES string of the molecule is C[C@@H](C(=O)NC(=O)NC1CCCC1)N(C)CCCc1ccccc1. The molecule has 1 atom stereocenters. The van der Waals surface area contributed by atoms with E-state index in [1.165, 1.54) is 5.56 Å². The van der Waals surface area contributed by atoms with Crippen LogP contribution in [0, 0.1) is 0 Å².